The topological polar surface area (TPSA) is 60.7 Å². The molecule has 0 N–H and O–H groups in total. The van der Waals surface area contributed by atoms with Crippen LogP contribution in [0.25, 0.3) is 0 Å². The number of hydrogen-bond acceptors (Lipinski definition) is 5. The minimum Gasteiger partial charge on any atom is -0.465 e. The maximum Gasteiger partial charge on any atom is 0.199 e. The van der Waals surface area contributed by atoms with Crippen molar-refractivity contribution in [2.45, 2.75) is 51.1 Å². The van der Waals surface area contributed by atoms with Gasteiger partial charge in [0.1, 0.15) is 11.5 Å². The summed E-state index contributed by atoms with van der Waals surface area (Å²) in [5, 5.41) is 9.17. The quantitative estimate of drug-likeness (QED) is 0.853. The summed E-state index contributed by atoms with van der Waals surface area (Å²) in [6.07, 6.45) is 5.63. The molecule has 1 aromatic carbocycles. The average molecular weight is 303 g/mol. The number of rotatable bonds is 4. The SMILES string of the molecule is N#Cc1cc(OC2CCCCO2)cc(OC2CCCCO2)c1. The summed E-state index contributed by atoms with van der Waals surface area (Å²) in [5.74, 6) is 1.22. The van der Waals surface area contributed by atoms with Gasteiger partial charge < -0.3 is 18.9 Å². The van der Waals surface area contributed by atoms with Gasteiger partial charge in [-0.2, -0.15) is 5.26 Å². The lowest BCUT2D eigenvalue weighted by atomic mass is 10.2. The molecule has 2 aliphatic heterocycles. The molecule has 0 aliphatic carbocycles. The van der Waals surface area contributed by atoms with Crippen LogP contribution in [0, 0.1) is 11.3 Å². The Morgan fingerprint density at radius 3 is 1.82 bits per heavy atom. The lowest BCUT2D eigenvalue weighted by molar-refractivity contribution is -0.109. The zero-order valence-corrected chi connectivity index (χ0v) is 12.6. The van der Waals surface area contributed by atoms with Crippen molar-refractivity contribution in [2.24, 2.45) is 0 Å². The van der Waals surface area contributed by atoms with Crippen LogP contribution in [0.2, 0.25) is 0 Å². The van der Waals surface area contributed by atoms with Gasteiger partial charge in [-0.05, 0) is 37.8 Å². The summed E-state index contributed by atoms with van der Waals surface area (Å²) >= 11 is 0. The van der Waals surface area contributed by atoms with Crippen molar-refractivity contribution in [3.8, 4) is 17.6 Å². The molecule has 5 nitrogen and oxygen atoms in total. The molecule has 0 spiro atoms. The van der Waals surface area contributed by atoms with Crippen LogP contribution < -0.4 is 9.47 Å². The van der Waals surface area contributed by atoms with Gasteiger partial charge in [0.15, 0.2) is 12.6 Å². The van der Waals surface area contributed by atoms with E-state index in [-0.39, 0.29) is 12.6 Å². The van der Waals surface area contributed by atoms with Gasteiger partial charge in [-0.1, -0.05) is 0 Å². The van der Waals surface area contributed by atoms with Gasteiger partial charge in [0.25, 0.3) is 0 Å². The molecular weight excluding hydrogens is 282 g/mol. The molecule has 118 valence electrons. The fraction of sp³-hybridized carbons (Fsp3) is 0.588. The van der Waals surface area contributed by atoms with Gasteiger partial charge in [0.05, 0.1) is 24.8 Å². The maximum atomic E-state index is 9.17. The van der Waals surface area contributed by atoms with Crippen LogP contribution >= 0.6 is 0 Å². The second-order valence-corrected chi connectivity index (χ2v) is 5.63. The summed E-state index contributed by atoms with van der Waals surface area (Å²) in [6.45, 7) is 1.45. The summed E-state index contributed by atoms with van der Waals surface area (Å²) in [7, 11) is 0. The van der Waals surface area contributed by atoms with Crippen LogP contribution in [0.15, 0.2) is 18.2 Å². The third-order valence-electron chi connectivity index (χ3n) is 3.82. The first-order valence-electron chi connectivity index (χ1n) is 7.95. The van der Waals surface area contributed by atoms with Crippen LogP contribution in [-0.4, -0.2) is 25.8 Å². The van der Waals surface area contributed by atoms with Crippen LogP contribution in [0.4, 0.5) is 0 Å². The molecule has 2 atom stereocenters. The maximum absolute atomic E-state index is 9.17. The molecule has 2 heterocycles. The highest BCUT2D eigenvalue weighted by Gasteiger charge is 2.18. The summed E-state index contributed by atoms with van der Waals surface area (Å²) in [6, 6.07) is 7.37. The lowest BCUT2D eigenvalue weighted by Crippen LogP contribution is -2.26. The first-order valence-corrected chi connectivity index (χ1v) is 7.95. The van der Waals surface area contributed by atoms with E-state index < -0.39 is 0 Å². The fourth-order valence-electron chi connectivity index (χ4n) is 2.68. The van der Waals surface area contributed by atoms with Crippen molar-refractivity contribution in [1.29, 1.82) is 5.26 Å². The molecule has 0 amide bonds. The predicted octanol–water partition coefficient (Wildman–Crippen LogP) is 3.37. The van der Waals surface area contributed by atoms with E-state index >= 15 is 0 Å². The molecule has 0 aromatic heterocycles. The molecule has 5 heteroatoms. The zero-order valence-electron chi connectivity index (χ0n) is 12.6. The second-order valence-electron chi connectivity index (χ2n) is 5.63. The highest BCUT2D eigenvalue weighted by atomic mass is 16.7. The van der Waals surface area contributed by atoms with E-state index in [4.69, 9.17) is 18.9 Å². The van der Waals surface area contributed by atoms with E-state index in [0.29, 0.717) is 17.1 Å². The summed E-state index contributed by atoms with van der Waals surface area (Å²) < 4.78 is 22.8. The van der Waals surface area contributed by atoms with Crippen molar-refractivity contribution < 1.29 is 18.9 Å². The Bertz CT molecular complexity index is 490. The Hall–Kier alpha value is -1.77. The highest BCUT2D eigenvalue weighted by Crippen LogP contribution is 2.27. The molecule has 2 aliphatic rings. The van der Waals surface area contributed by atoms with E-state index in [9.17, 15) is 5.26 Å². The minimum atomic E-state index is -0.235. The number of nitrogens with zero attached hydrogens (tertiary/aromatic N) is 1. The monoisotopic (exact) mass is 303 g/mol. The predicted molar refractivity (Wildman–Crippen MR) is 79.6 cm³/mol. The summed E-state index contributed by atoms with van der Waals surface area (Å²) in [4.78, 5) is 0. The van der Waals surface area contributed by atoms with Gasteiger partial charge in [0.2, 0.25) is 0 Å². The Balaban J connectivity index is 1.69. The van der Waals surface area contributed by atoms with E-state index in [2.05, 4.69) is 6.07 Å². The van der Waals surface area contributed by atoms with Gasteiger partial charge in [-0.15, -0.1) is 0 Å². The standard InChI is InChI=1S/C17H21NO4/c18-12-13-9-14(21-16-5-1-3-7-19-16)11-15(10-13)22-17-6-2-4-8-20-17/h9-11,16-17H,1-8H2. The van der Waals surface area contributed by atoms with E-state index in [1.807, 2.05) is 0 Å². The van der Waals surface area contributed by atoms with E-state index in [1.54, 1.807) is 18.2 Å². The van der Waals surface area contributed by atoms with Crippen molar-refractivity contribution in [1.82, 2.24) is 0 Å². The third kappa shape index (κ3) is 4.12. The van der Waals surface area contributed by atoms with Crippen molar-refractivity contribution in [2.75, 3.05) is 13.2 Å². The van der Waals surface area contributed by atoms with Crippen LogP contribution in [0.3, 0.4) is 0 Å². The molecule has 0 bridgehead atoms. The highest BCUT2D eigenvalue weighted by molar-refractivity contribution is 5.44. The number of benzene rings is 1. The molecule has 3 rings (SSSR count). The van der Waals surface area contributed by atoms with Gasteiger partial charge >= 0.3 is 0 Å². The van der Waals surface area contributed by atoms with Gasteiger partial charge in [-0.3, -0.25) is 0 Å². The lowest BCUT2D eigenvalue weighted by Gasteiger charge is -2.25. The Morgan fingerprint density at radius 2 is 1.41 bits per heavy atom. The van der Waals surface area contributed by atoms with Crippen LogP contribution in [0.1, 0.15) is 44.1 Å². The number of hydrogen-bond donors (Lipinski definition) is 0. The van der Waals surface area contributed by atoms with Crippen molar-refractivity contribution in [3.63, 3.8) is 0 Å². The van der Waals surface area contributed by atoms with Crippen LogP contribution in [0.5, 0.6) is 11.5 Å². The first kappa shape index (κ1) is 15.1. The Kier molecular flexibility index (Phi) is 5.15. The Morgan fingerprint density at radius 1 is 0.864 bits per heavy atom. The van der Waals surface area contributed by atoms with Gasteiger partial charge in [0, 0.05) is 18.9 Å². The van der Waals surface area contributed by atoms with E-state index in [1.165, 1.54) is 0 Å². The van der Waals surface area contributed by atoms with E-state index in [0.717, 1.165) is 51.7 Å². The Labute approximate surface area is 130 Å². The average Bonchev–Trinajstić information content (AvgIpc) is 2.56. The second kappa shape index (κ2) is 7.48. The number of nitriles is 1. The molecule has 2 unspecified atom stereocenters. The molecule has 1 aromatic rings. The molecule has 22 heavy (non-hydrogen) atoms. The molecule has 0 saturated carbocycles. The van der Waals surface area contributed by atoms with Gasteiger partial charge in [-0.25, -0.2) is 0 Å². The third-order valence-corrected chi connectivity index (χ3v) is 3.82. The largest absolute Gasteiger partial charge is 0.465 e. The first-order chi connectivity index (χ1) is 10.8. The molecule has 2 fully saturated rings. The number of ether oxygens (including phenoxy) is 4. The van der Waals surface area contributed by atoms with Crippen molar-refractivity contribution in [3.05, 3.63) is 23.8 Å². The minimum absolute atomic E-state index is 0.235. The molecular formula is C17H21NO4. The fourth-order valence-corrected chi connectivity index (χ4v) is 2.68. The molecule has 2 saturated heterocycles. The normalized spacial score (nSPS) is 25.2. The molecule has 0 radical (unpaired) electrons. The summed E-state index contributed by atoms with van der Waals surface area (Å²) in [5.41, 5.74) is 0.513. The van der Waals surface area contributed by atoms with Crippen molar-refractivity contribution >= 4 is 0 Å². The zero-order chi connectivity index (χ0) is 15.2. The van der Waals surface area contributed by atoms with Crippen LogP contribution in [-0.2, 0) is 9.47 Å². The smallest absolute Gasteiger partial charge is 0.199 e.